The summed E-state index contributed by atoms with van der Waals surface area (Å²) in [5.74, 6) is 0.758. The van der Waals surface area contributed by atoms with Crippen molar-refractivity contribution in [3.05, 3.63) is 60.2 Å². The third-order valence-electron chi connectivity index (χ3n) is 6.08. The van der Waals surface area contributed by atoms with Gasteiger partial charge in [-0.25, -0.2) is 0 Å². The van der Waals surface area contributed by atoms with Crippen molar-refractivity contribution in [2.75, 3.05) is 19.0 Å². The summed E-state index contributed by atoms with van der Waals surface area (Å²) in [6.45, 7) is 2.19. The van der Waals surface area contributed by atoms with E-state index in [0.29, 0.717) is 23.1 Å². The smallest absolute Gasteiger partial charge is 0.275 e. The van der Waals surface area contributed by atoms with Crippen LogP contribution in [0.2, 0.25) is 0 Å². The molecule has 156 valence electrons. The number of methoxy groups -OCH3 is 1. The number of carbonyl (C=O) groups excluding carboxylic acids is 2. The number of benzene rings is 2. The normalized spacial score (nSPS) is 23.4. The lowest BCUT2D eigenvalue weighted by Gasteiger charge is -2.40. The highest BCUT2D eigenvalue weighted by Crippen LogP contribution is 2.41. The molecule has 30 heavy (non-hydrogen) atoms. The lowest BCUT2D eigenvalue weighted by molar-refractivity contribution is -0.134. The molecule has 0 bridgehead atoms. The van der Waals surface area contributed by atoms with Crippen molar-refractivity contribution < 1.29 is 14.3 Å². The Morgan fingerprint density at radius 3 is 2.50 bits per heavy atom. The van der Waals surface area contributed by atoms with Crippen LogP contribution in [0.15, 0.2) is 59.6 Å². The first kappa shape index (κ1) is 20.1. The maximum absolute atomic E-state index is 13.4. The van der Waals surface area contributed by atoms with Gasteiger partial charge in [0.05, 0.1) is 12.8 Å². The number of aliphatic imine (C=N–C) groups is 1. The van der Waals surface area contributed by atoms with Gasteiger partial charge in [-0.15, -0.1) is 0 Å². The zero-order valence-electron chi connectivity index (χ0n) is 17.4. The number of ether oxygens (including phenoxy) is 1. The Morgan fingerprint density at radius 2 is 1.80 bits per heavy atom. The van der Waals surface area contributed by atoms with Gasteiger partial charge in [0.2, 0.25) is 5.91 Å². The summed E-state index contributed by atoms with van der Waals surface area (Å²) in [5, 5.41) is 2.89. The quantitative estimate of drug-likeness (QED) is 0.821. The van der Waals surface area contributed by atoms with Crippen LogP contribution in [-0.4, -0.2) is 41.7 Å². The molecule has 2 aliphatic rings. The van der Waals surface area contributed by atoms with Crippen molar-refractivity contribution in [2.45, 2.75) is 38.3 Å². The second kappa shape index (κ2) is 8.30. The molecule has 2 aromatic rings. The van der Waals surface area contributed by atoms with Crippen LogP contribution in [0.3, 0.4) is 0 Å². The van der Waals surface area contributed by atoms with Gasteiger partial charge in [0.1, 0.15) is 23.7 Å². The summed E-state index contributed by atoms with van der Waals surface area (Å²) >= 11 is 0. The third kappa shape index (κ3) is 3.82. The van der Waals surface area contributed by atoms with Crippen LogP contribution in [0.25, 0.3) is 0 Å². The molecule has 0 radical (unpaired) electrons. The molecule has 6 heteroatoms. The average molecular weight is 405 g/mol. The standard InChI is InChI=1S/C24H27N3O3/c1-17-12-14-24(15-13-17)26-22(18-8-4-3-5-9-18)23(29)27(24)16-21(28)25-19-10-6-7-11-20(19)30-2/h3-11,17H,12-16H2,1-2H3,(H,25,28). The number of rotatable bonds is 5. The van der Waals surface area contributed by atoms with Crippen molar-refractivity contribution in [3.63, 3.8) is 0 Å². The molecule has 6 nitrogen and oxygen atoms in total. The molecule has 4 rings (SSSR count). The predicted molar refractivity (Wildman–Crippen MR) is 117 cm³/mol. The topological polar surface area (TPSA) is 71.0 Å². The summed E-state index contributed by atoms with van der Waals surface area (Å²) in [6, 6.07) is 16.8. The fourth-order valence-corrected chi connectivity index (χ4v) is 4.32. The fraction of sp³-hybridized carbons (Fsp3) is 0.375. The van der Waals surface area contributed by atoms with Gasteiger partial charge >= 0.3 is 0 Å². The largest absolute Gasteiger partial charge is 0.495 e. The molecular weight excluding hydrogens is 378 g/mol. The lowest BCUT2D eigenvalue weighted by atomic mass is 9.82. The first-order chi connectivity index (χ1) is 14.5. The molecule has 2 amide bonds. The molecule has 1 spiro atoms. The molecule has 1 fully saturated rings. The first-order valence-electron chi connectivity index (χ1n) is 10.4. The van der Waals surface area contributed by atoms with Crippen molar-refractivity contribution in [2.24, 2.45) is 10.9 Å². The summed E-state index contributed by atoms with van der Waals surface area (Å²) in [7, 11) is 1.56. The number of carbonyl (C=O) groups is 2. The minimum absolute atomic E-state index is 0.0366. The van der Waals surface area contributed by atoms with Gasteiger partial charge in [-0.05, 0) is 43.7 Å². The van der Waals surface area contributed by atoms with Crippen LogP contribution in [0, 0.1) is 5.92 Å². The zero-order valence-corrected chi connectivity index (χ0v) is 17.4. The Bertz CT molecular complexity index is 963. The third-order valence-corrected chi connectivity index (χ3v) is 6.08. The van der Waals surface area contributed by atoms with E-state index < -0.39 is 5.66 Å². The van der Waals surface area contributed by atoms with Gasteiger partial charge in [0.25, 0.3) is 5.91 Å². The van der Waals surface area contributed by atoms with E-state index in [-0.39, 0.29) is 18.4 Å². The van der Waals surface area contributed by atoms with Gasteiger partial charge in [-0.3, -0.25) is 14.6 Å². The lowest BCUT2D eigenvalue weighted by Crippen LogP contribution is -2.51. The molecule has 0 aromatic heterocycles. The van der Waals surface area contributed by atoms with Gasteiger partial charge in [-0.2, -0.15) is 0 Å². The molecule has 2 aromatic carbocycles. The Labute approximate surface area is 176 Å². The minimum Gasteiger partial charge on any atom is -0.495 e. The van der Waals surface area contributed by atoms with E-state index in [9.17, 15) is 9.59 Å². The Morgan fingerprint density at radius 1 is 1.13 bits per heavy atom. The number of nitrogens with zero attached hydrogens (tertiary/aromatic N) is 2. The van der Waals surface area contributed by atoms with Crippen LogP contribution >= 0.6 is 0 Å². The Hall–Kier alpha value is -3.15. The van der Waals surface area contributed by atoms with E-state index in [1.807, 2.05) is 42.5 Å². The highest BCUT2D eigenvalue weighted by atomic mass is 16.5. The molecule has 1 saturated carbocycles. The zero-order chi connectivity index (χ0) is 21.1. The van der Waals surface area contributed by atoms with Crippen molar-refractivity contribution in [3.8, 4) is 5.75 Å². The highest BCUT2D eigenvalue weighted by Gasteiger charge is 2.49. The fourth-order valence-electron chi connectivity index (χ4n) is 4.32. The van der Waals surface area contributed by atoms with Gasteiger partial charge in [0, 0.05) is 5.56 Å². The molecular formula is C24H27N3O3. The maximum atomic E-state index is 13.4. The van der Waals surface area contributed by atoms with Crippen LogP contribution in [0.1, 0.15) is 38.2 Å². The summed E-state index contributed by atoms with van der Waals surface area (Å²) < 4.78 is 5.32. The maximum Gasteiger partial charge on any atom is 0.275 e. The molecule has 1 aliphatic heterocycles. The average Bonchev–Trinajstić information content (AvgIpc) is 3.03. The van der Waals surface area contributed by atoms with E-state index in [2.05, 4.69) is 12.2 Å². The Kier molecular flexibility index (Phi) is 5.57. The van der Waals surface area contributed by atoms with E-state index in [0.717, 1.165) is 31.2 Å². The number of para-hydroxylation sites is 2. The van der Waals surface area contributed by atoms with Gasteiger partial charge < -0.3 is 15.0 Å². The van der Waals surface area contributed by atoms with Gasteiger partial charge in [0.15, 0.2) is 0 Å². The molecule has 1 N–H and O–H groups in total. The molecule has 0 unspecified atom stereocenters. The SMILES string of the molecule is COc1ccccc1NC(=O)CN1C(=O)C(c2ccccc2)=NC12CCC(C)CC2. The van der Waals surface area contributed by atoms with Crippen LogP contribution in [0.4, 0.5) is 5.69 Å². The number of anilines is 1. The molecule has 0 saturated heterocycles. The van der Waals surface area contributed by atoms with Crippen molar-refractivity contribution >= 4 is 23.2 Å². The predicted octanol–water partition coefficient (Wildman–Crippen LogP) is 3.87. The van der Waals surface area contributed by atoms with Crippen LogP contribution < -0.4 is 10.1 Å². The van der Waals surface area contributed by atoms with E-state index in [1.165, 1.54) is 0 Å². The first-order valence-corrected chi connectivity index (χ1v) is 10.4. The number of hydrogen-bond acceptors (Lipinski definition) is 4. The highest BCUT2D eigenvalue weighted by molar-refractivity contribution is 6.47. The number of hydrogen-bond donors (Lipinski definition) is 1. The van der Waals surface area contributed by atoms with Crippen molar-refractivity contribution in [1.82, 2.24) is 4.90 Å². The van der Waals surface area contributed by atoms with E-state index in [1.54, 1.807) is 24.1 Å². The Balaban J connectivity index is 1.59. The number of nitrogens with one attached hydrogen (secondary N) is 1. The number of amides is 2. The monoisotopic (exact) mass is 405 g/mol. The van der Waals surface area contributed by atoms with Crippen molar-refractivity contribution in [1.29, 1.82) is 0 Å². The second-order valence-corrected chi connectivity index (χ2v) is 8.13. The molecule has 1 heterocycles. The van der Waals surface area contributed by atoms with Crippen LogP contribution in [0.5, 0.6) is 5.75 Å². The van der Waals surface area contributed by atoms with Gasteiger partial charge in [-0.1, -0.05) is 49.4 Å². The summed E-state index contributed by atoms with van der Waals surface area (Å²) in [5.41, 5.74) is 1.21. The van der Waals surface area contributed by atoms with Crippen LogP contribution in [-0.2, 0) is 9.59 Å². The molecule has 0 atom stereocenters. The second-order valence-electron chi connectivity index (χ2n) is 8.13. The summed E-state index contributed by atoms with van der Waals surface area (Å²) in [4.78, 5) is 32.9. The van der Waals surface area contributed by atoms with E-state index in [4.69, 9.17) is 9.73 Å². The molecule has 1 aliphatic carbocycles. The minimum atomic E-state index is -0.632. The van der Waals surface area contributed by atoms with E-state index >= 15 is 0 Å². The summed E-state index contributed by atoms with van der Waals surface area (Å²) in [6.07, 6.45) is 3.53.